The molecule has 0 aliphatic heterocycles. The molecule has 3 aromatic rings. The van der Waals surface area contributed by atoms with Crippen molar-refractivity contribution in [2.75, 3.05) is 0 Å². The smallest absolute Gasteiger partial charge is 0.316 e. The van der Waals surface area contributed by atoms with Gasteiger partial charge in [0.25, 0.3) is 5.56 Å². The molecular formula is C19H19ClF3N5O. The monoisotopic (exact) mass is 425 g/mol. The summed E-state index contributed by atoms with van der Waals surface area (Å²) >= 11 is 5.87. The molecule has 154 valence electrons. The zero-order valence-corrected chi connectivity index (χ0v) is 16.6. The molecule has 0 amide bonds. The molecule has 4 rings (SSSR count). The Morgan fingerprint density at radius 1 is 1.34 bits per heavy atom. The van der Waals surface area contributed by atoms with Gasteiger partial charge in [-0.05, 0) is 37.0 Å². The molecule has 0 aromatic carbocycles. The molecule has 10 heteroatoms. The van der Waals surface area contributed by atoms with Crippen LogP contribution in [0.1, 0.15) is 49.2 Å². The number of aryl methyl sites for hydroxylation is 1. The highest BCUT2D eigenvalue weighted by molar-refractivity contribution is 6.31. The lowest BCUT2D eigenvalue weighted by atomic mass is 9.84. The number of nitrogens with zero attached hydrogens (tertiary/aromatic N) is 4. The molecule has 1 aliphatic rings. The van der Waals surface area contributed by atoms with E-state index < -0.39 is 22.4 Å². The van der Waals surface area contributed by atoms with E-state index in [0.717, 1.165) is 19.0 Å². The van der Waals surface area contributed by atoms with Crippen molar-refractivity contribution in [3.05, 3.63) is 56.9 Å². The molecule has 3 heterocycles. The van der Waals surface area contributed by atoms with Gasteiger partial charge in [0.05, 0.1) is 16.3 Å². The van der Waals surface area contributed by atoms with E-state index in [9.17, 15) is 18.0 Å². The quantitative estimate of drug-likeness (QED) is 0.690. The Hall–Kier alpha value is -2.39. The second-order valence-electron chi connectivity index (χ2n) is 7.37. The van der Waals surface area contributed by atoms with Gasteiger partial charge in [-0.25, -0.2) is 4.98 Å². The first-order valence-electron chi connectivity index (χ1n) is 9.18. The van der Waals surface area contributed by atoms with Gasteiger partial charge in [-0.3, -0.25) is 9.48 Å². The van der Waals surface area contributed by atoms with Gasteiger partial charge in [0.15, 0.2) is 11.2 Å². The number of nitrogens with two attached hydrogens (primary N) is 1. The largest absolute Gasteiger partial charge is 0.434 e. The minimum Gasteiger partial charge on any atom is -0.316 e. The third-order valence-corrected chi connectivity index (χ3v) is 5.76. The highest BCUT2D eigenvalue weighted by Crippen LogP contribution is 2.39. The van der Waals surface area contributed by atoms with Crippen molar-refractivity contribution in [3.8, 4) is 0 Å². The van der Waals surface area contributed by atoms with Crippen LogP contribution in [0.4, 0.5) is 13.2 Å². The SMILES string of the molecule is CC[C@@](N)(c1cnc(C(F)(F)F)c(Cl)c1)c1c2ccn(C3CC3)c(=O)c2nn1C. The number of hydrogen-bond donors (Lipinski definition) is 1. The fourth-order valence-electron chi connectivity index (χ4n) is 3.77. The number of hydrogen-bond acceptors (Lipinski definition) is 4. The van der Waals surface area contributed by atoms with Gasteiger partial charge >= 0.3 is 6.18 Å². The van der Waals surface area contributed by atoms with Gasteiger partial charge in [-0.1, -0.05) is 18.5 Å². The number of halogens is 4. The molecule has 0 unspecified atom stereocenters. The second-order valence-corrected chi connectivity index (χ2v) is 7.78. The summed E-state index contributed by atoms with van der Waals surface area (Å²) < 4.78 is 42.3. The normalized spacial score (nSPS) is 16.9. The summed E-state index contributed by atoms with van der Waals surface area (Å²) in [5.41, 5.74) is 5.21. The zero-order chi connectivity index (χ0) is 21.1. The molecule has 1 saturated carbocycles. The van der Waals surface area contributed by atoms with E-state index in [0.29, 0.717) is 23.1 Å². The maximum Gasteiger partial charge on any atom is 0.434 e. The number of aromatic nitrogens is 4. The van der Waals surface area contributed by atoms with Crippen LogP contribution in [0, 0.1) is 0 Å². The predicted molar refractivity (Wildman–Crippen MR) is 103 cm³/mol. The third-order valence-electron chi connectivity index (χ3n) is 5.47. The lowest BCUT2D eigenvalue weighted by Gasteiger charge is -2.29. The Bertz CT molecular complexity index is 1170. The predicted octanol–water partition coefficient (Wildman–Crippen LogP) is 3.75. The molecule has 1 fully saturated rings. The van der Waals surface area contributed by atoms with E-state index in [1.165, 1.54) is 10.7 Å². The molecule has 0 saturated heterocycles. The van der Waals surface area contributed by atoms with Crippen molar-refractivity contribution in [1.82, 2.24) is 19.3 Å². The van der Waals surface area contributed by atoms with Crippen LogP contribution in [0.25, 0.3) is 10.9 Å². The Kier molecular flexibility index (Phi) is 4.51. The molecule has 6 nitrogen and oxygen atoms in total. The standard InChI is InChI=1S/C19H19ClF3N5O/c1-3-18(24,10-8-13(20)15(25-9-10)19(21,22)23)16-12-6-7-28(11-4-5-11)17(29)14(12)26-27(16)2/h6-9,11H,3-5,24H2,1-2H3/t18-/m1/s1. The summed E-state index contributed by atoms with van der Waals surface area (Å²) in [6, 6.07) is 3.17. The first kappa shape index (κ1) is 19.9. The summed E-state index contributed by atoms with van der Waals surface area (Å²) in [6.07, 6.45) is 0.389. The topological polar surface area (TPSA) is 78.7 Å². The first-order valence-corrected chi connectivity index (χ1v) is 9.56. The minimum absolute atomic E-state index is 0.198. The van der Waals surface area contributed by atoms with E-state index in [2.05, 4.69) is 10.1 Å². The van der Waals surface area contributed by atoms with Gasteiger partial charge in [0, 0.05) is 30.9 Å². The van der Waals surface area contributed by atoms with Crippen molar-refractivity contribution in [1.29, 1.82) is 0 Å². The fourth-order valence-corrected chi connectivity index (χ4v) is 4.04. The summed E-state index contributed by atoms with van der Waals surface area (Å²) in [7, 11) is 1.66. The van der Waals surface area contributed by atoms with Gasteiger partial charge in [0.2, 0.25) is 0 Å². The van der Waals surface area contributed by atoms with E-state index in [1.807, 2.05) is 0 Å². The minimum atomic E-state index is -4.66. The number of alkyl halides is 3. The number of fused-ring (bicyclic) bond motifs is 1. The highest BCUT2D eigenvalue weighted by Gasteiger charge is 2.39. The average molecular weight is 426 g/mol. The maximum absolute atomic E-state index is 13.0. The van der Waals surface area contributed by atoms with Crippen LogP contribution in [0.15, 0.2) is 29.3 Å². The molecule has 29 heavy (non-hydrogen) atoms. The van der Waals surface area contributed by atoms with Crippen LogP contribution in [-0.2, 0) is 18.8 Å². The van der Waals surface area contributed by atoms with Crippen LogP contribution in [0.2, 0.25) is 5.02 Å². The zero-order valence-electron chi connectivity index (χ0n) is 15.8. The summed E-state index contributed by atoms with van der Waals surface area (Å²) in [5, 5.41) is 4.41. The highest BCUT2D eigenvalue weighted by atomic mass is 35.5. The summed E-state index contributed by atoms with van der Waals surface area (Å²) in [5.74, 6) is 0. The summed E-state index contributed by atoms with van der Waals surface area (Å²) in [4.78, 5) is 16.3. The first-order chi connectivity index (χ1) is 13.6. The molecule has 3 aromatic heterocycles. The fraction of sp³-hybridized carbons (Fsp3) is 0.421. The van der Waals surface area contributed by atoms with E-state index in [1.54, 1.807) is 30.8 Å². The molecule has 0 radical (unpaired) electrons. The van der Waals surface area contributed by atoms with Crippen molar-refractivity contribution >= 4 is 22.5 Å². The van der Waals surface area contributed by atoms with Gasteiger partial charge in [-0.15, -0.1) is 0 Å². The number of pyridine rings is 2. The van der Waals surface area contributed by atoms with E-state index in [-0.39, 0.29) is 17.1 Å². The number of rotatable bonds is 4. The lowest BCUT2D eigenvalue weighted by molar-refractivity contribution is -0.141. The van der Waals surface area contributed by atoms with E-state index >= 15 is 0 Å². The molecule has 0 bridgehead atoms. The molecule has 2 N–H and O–H groups in total. The Labute approximate surface area is 169 Å². The van der Waals surface area contributed by atoms with Gasteiger partial charge < -0.3 is 10.3 Å². The van der Waals surface area contributed by atoms with Crippen LogP contribution in [0.3, 0.4) is 0 Å². The Morgan fingerprint density at radius 3 is 2.59 bits per heavy atom. The van der Waals surface area contributed by atoms with Gasteiger partial charge in [-0.2, -0.15) is 18.3 Å². The molecule has 1 aliphatic carbocycles. The van der Waals surface area contributed by atoms with Crippen LogP contribution in [-0.4, -0.2) is 19.3 Å². The second kappa shape index (κ2) is 6.56. The van der Waals surface area contributed by atoms with Gasteiger partial charge in [0.1, 0.15) is 0 Å². The Balaban J connectivity index is 1.90. The lowest BCUT2D eigenvalue weighted by Crippen LogP contribution is -2.39. The van der Waals surface area contributed by atoms with Crippen molar-refractivity contribution in [3.63, 3.8) is 0 Å². The van der Waals surface area contributed by atoms with Crippen molar-refractivity contribution in [2.45, 2.75) is 43.9 Å². The van der Waals surface area contributed by atoms with Crippen LogP contribution < -0.4 is 11.3 Å². The average Bonchev–Trinajstić information content (AvgIpc) is 3.42. The Morgan fingerprint density at radius 2 is 2.03 bits per heavy atom. The van der Waals surface area contributed by atoms with E-state index in [4.69, 9.17) is 17.3 Å². The maximum atomic E-state index is 13.0. The van der Waals surface area contributed by atoms with Crippen LogP contribution in [0.5, 0.6) is 0 Å². The third kappa shape index (κ3) is 3.12. The molecule has 0 spiro atoms. The van der Waals surface area contributed by atoms with Crippen molar-refractivity contribution < 1.29 is 13.2 Å². The van der Waals surface area contributed by atoms with Crippen molar-refractivity contribution in [2.24, 2.45) is 12.8 Å². The molecular weight excluding hydrogens is 407 g/mol. The molecule has 1 atom stereocenters. The van der Waals surface area contributed by atoms with Crippen LogP contribution >= 0.6 is 11.6 Å². The summed E-state index contributed by atoms with van der Waals surface area (Å²) in [6.45, 7) is 1.80.